The first kappa shape index (κ1) is 15.5. The maximum atomic E-state index is 6.13. The number of nitrogens with two attached hydrogens (primary N) is 1. The van der Waals surface area contributed by atoms with Crippen LogP contribution in [-0.4, -0.2) is 12.6 Å². The van der Waals surface area contributed by atoms with Crippen molar-refractivity contribution in [3.05, 3.63) is 53.1 Å². The van der Waals surface area contributed by atoms with Crippen LogP contribution in [0.1, 0.15) is 19.4 Å². The molecule has 2 rings (SSSR count). The SMILES string of the molecule is CC(C)Oc1cccc(NCCc2ccc(Cl)cc2)c1N. The molecule has 4 heteroatoms. The highest BCUT2D eigenvalue weighted by Gasteiger charge is 2.07. The van der Waals surface area contributed by atoms with Crippen LogP contribution in [0.2, 0.25) is 5.02 Å². The maximum Gasteiger partial charge on any atom is 0.144 e. The number of hydrogen-bond acceptors (Lipinski definition) is 3. The number of anilines is 2. The van der Waals surface area contributed by atoms with Gasteiger partial charge in [-0.15, -0.1) is 0 Å². The average molecular weight is 305 g/mol. The number of nitrogen functional groups attached to an aromatic ring is 1. The van der Waals surface area contributed by atoms with Crippen LogP contribution in [-0.2, 0) is 6.42 Å². The molecule has 0 aromatic heterocycles. The lowest BCUT2D eigenvalue weighted by atomic mass is 10.1. The second-order valence-electron chi connectivity index (χ2n) is 5.19. The molecular weight excluding hydrogens is 284 g/mol. The molecule has 0 bridgehead atoms. The molecule has 3 N–H and O–H groups in total. The molecule has 0 radical (unpaired) electrons. The van der Waals surface area contributed by atoms with E-state index in [0.29, 0.717) is 5.69 Å². The van der Waals surface area contributed by atoms with Crippen LogP contribution in [0.4, 0.5) is 11.4 Å². The third-order valence-corrected chi connectivity index (χ3v) is 3.32. The molecule has 0 heterocycles. The second-order valence-corrected chi connectivity index (χ2v) is 5.62. The van der Waals surface area contributed by atoms with Crippen molar-refractivity contribution in [2.75, 3.05) is 17.6 Å². The summed E-state index contributed by atoms with van der Waals surface area (Å²) in [5.74, 6) is 0.724. The largest absolute Gasteiger partial charge is 0.489 e. The van der Waals surface area contributed by atoms with Gasteiger partial charge in [0.1, 0.15) is 5.75 Å². The number of ether oxygens (including phenoxy) is 1. The fraction of sp³-hybridized carbons (Fsp3) is 0.294. The van der Waals surface area contributed by atoms with Gasteiger partial charge in [0.05, 0.1) is 17.5 Å². The van der Waals surface area contributed by atoms with Gasteiger partial charge in [0.15, 0.2) is 0 Å². The topological polar surface area (TPSA) is 47.3 Å². The molecule has 0 amide bonds. The zero-order valence-electron chi connectivity index (χ0n) is 12.4. The van der Waals surface area contributed by atoms with Crippen molar-refractivity contribution >= 4 is 23.0 Å². The summed E-state index contributed by atoms with van der Waals surface area (Å²) in [6.45, 7) is 4.77. The maximum absolute atomic E-state index is 6.13. The van der Waals surface area contributed by atoms with Gasteiger partial charge in [-0.25, -0.2) is 0 Å². The minimum absolute atomic E-state index is 0.108. The molecule has 0 spiro atoms. The summed E-state index contributed by atoms with van der Waals surface area (Å²) in [5, 5.41) is 4.11. The Hall–Kier alpha value is -1.87. The van der Waals surface area contributed by atoms with E-state index in [1.54, 1.807) is 0 Å². The minimum Gasteiger partial charge on any atom is -0.489 e. The quantitative estimate of drug-likeness (QED) is 0.779. The van der Waals surface area contributed by atoms with E-state index >= 15 is 0 Å². The molecule has 0 unspecified atom stereocenters. The van der Waals surface area contributed by atoms with E-state index in [2.05, 4.69) is 5.32 Å². The molecule has 0 saturated heterocycles. The van der Waals surface area contributed by atoms with Crippen molar-refractivity contribution in [2.45, 2.75) is 26.4 Å². The van der Waals surface area contributed by atoms with Gasteiger partial charge in [-0.2, -0.15) is 0 Å². The molecular formula is C17H21ClN2O. The Labute approximate surface area is 131 Å². The Kier molecular flexibility index (Phi) is 5.34. The van der Waals surface area contributed by atoms with E-state index in [1.807, 2.05) is 56.3 Å². The molecule has 2 aromatic carbocycles. The van der Waals surface area contributed by atoms with E-state index in [1.165, 1.54) is 5.56 Å². The van der Waals surface area contributed by atoms with Crippen molar-refractivity contribution in [2.24, 2.45) is 0 Å². The summed E-state index contributed by atoms with van der Waals surface area (Å²) < 4.78 is 5.68. The summed E-state index contributed by atoms with van der Waals surface area (Å²) >= 11 is 5.88. The summed E-state index contributed by atoms with van der Waals surface area (Å²) in [6.07, 6.45) is 1.02. The van der Waals surface area contributed by atoms with Crippen LogP contribution in [0.15, 0.2) is 42.5 Å². The highest BCUT2D eigenvalue weighted by molar-refractivity contribution is 6.30. The smallest absolute Gasteiger partial charge is 0.144 e. The first-order chi connectivity index (χ1) is 10.1. The molecule has 3 nitrogen and oxygen atoms in total. The predicted molar refractivity (Wildman–Crippen MR) is 90.3 cm³/mol. The Morgan fingerprint density at radius 3 is 2.52 bits per heavy atom. The van der Waals surface area contributed by atoms with Crippen molar-refractivity contribution in [1.29, 1.82) is 0 Å². The summed E-state index contributed by atoms with van der Waals surface area (Å²) in [6, 6.07) is 13.7. The molecule has 2 aromatic rings. The van der Waals surface area contributed by atoms with Gasteiger partial charge in [-0.1, -0.05) is 29.8 Å². The van der Waals surface area contributed by atoms with E-state index in [9.17, 15) is 0 Å². The van der Waals surface area contributed by atoms with Crippen LogP contribution in [0.5, 0.6) is 5.75 Å². The lowest BCUT2D eigenvalue weighted by Crippen LogP contribution is -2.10. The lowest BCUT2D eigenvalue weighted by molar-refractivity contribution is 0.244. The monoisotopic (exact) mass is 304 g/mol. The molecule has 0 fully saturated rings. The molecule has 0 aliphatic carbocycles. The van der Waals surface area contributed by atoms with Gasteiger partial charge in [-0.3, -0.25) is 0 Å². The van der Waals surface area contributed by atoms with Crippen LogP contribution < -0.4 is 15.8 Å². The van der Waals surface area contributed by atoms with Gasteiger partial charge < -0.3 is 15.8 Å². The summed E-state index contributed by atoms with van der Waals surface area (Å²) in [4.78, 5) is 0. The highest BCUT2D eigenvalue weighted by atomic mass is 35.5. The van der Waals surface area contributed by atoms with E-state index in [4.69, 9.17) is 22.1 Å². The second kappa shape index (κ2) is 7.23. The first-order valence-corrected chi connectivity index (χ1v) is 7.47. The van der Waals surface area contributed by atoms with Crippen molar-refractivity contribution in [3.63, 3.8) is 0 Å². The predicted octanol–water partition coefficient (Wildman–Crippen LogP) is 4.36. The van der Waals surface area contributed by atoms with Crippen LogP contribution in [0.25, 0.3) is 0 Å². The highest BCUT2D eigenvalue weighted by Crippen LogP contribution is 2.30. The van der Waals surface area contributed by atoms with Crippen molar-refractivity contribution < 1.29 is 4.74 Å². The van der Waals surface area contributed by atoms with E-state index < -0.39 is 0 Å². The Balaban J connectivity index is 1.95. The molecule has 0 aliphatic heterocycles. The first-order valence-electron chi connectivity index (χ1n) is 7.09. The molecule has 0 saturated carbocycles. The van der Waals surface area contributed by atoms with Gasteiger partial charge in [-0.05, 0) is 50.1 Å². The third kappa shape index (κ3) is 4.57. The van der Waals surface area contributed by atoms with Crippen molar-refractivity contribution in [3.8, 4) is 5.75 Å². The lowest BCUT2D eigenvalue weighted by Gasteiger charge is -2.15. The third-order valence-electron chi connectivity index (χ3n) is 3.07. The molecule has 21 heavy (non-hydrogen) atoms. The zero-order chi connectivity index (χ0) is 15.2. The fourth-order valence-electron chi connectivity index (χ4n) is 2.05. The average Bonchev–Trinajstić information content (AvgIpc) is 2.44. The summed E-state index contributed by atoms with van der Waals surface area (Å²) in [5.41, 5.74) is 8.92. The number of para-hydroxylation sites is 1. The van der Waals surface area contributed by atoms with Crippen molar-refractivity contribution in [1.82, 2.24) is 0 Å². The number of nitrogens with one attached hydrogen (secondary N) is 1. The van der Waals surface area contributed by atoms with Gasteiger partial charge in [0.25, 0.3) is 0 Å². The fourth-order valence-corrected chi connectivity index (χ4v) is 2.17. The number of hydrogen-bond donors (Lipinski definition) is 2. The normalized spacial score (nSPS) is 10.7. The van der Waals surface area contributed by atoms with Crippen LogP contribution in [0.3, 0.4) is 0 Å². The summed E-state index contributed by atoms with van der Waals surface area (Å²) in [7, 11) is 0. The number of halogens is 1. The number of rotatable bonds is 6. The number of benzene rings is 2. The van der Waals surface area contributed by atoms with Gasteiger partial charge >= 0.3 is 0 Å². The Morgan fingerprint density at radius 2 is 1.86 bits per heavy atom. The standard InChI is InChI=1S/C17H21ClN2O/c1-12(2)21-16-5-3-4-15(17(16)19)20-11-10-13-6-8-14(18)9-7-13/h3-9,12,20H,10-11,19H2,1-2H3. The Morgan fingerprint density at radius 1 is 1.14 bits per heavy atom. The molecule has 0 atom stereocenters. The van der Waals surface area contributed by atoms with E-state index in [-0.39, 0.29) is 6.10 Å². The zero-order valence-corrected chi connectivity index (χ0v) is 13.2. The molecule has 112 valence electrons. The van der Waals surface area contributed by atoms with Crippen LogP contribution >= 0.6 is 11.6 Å². The van der Waals surface area contributed by atoms with Crippen LogP contribution in [0, 0.1) is 0 Å². The van der Waals surface area contributed by atoms with Gasteiger partial charge in [0, 0.05) is 11.6 Å². The molecule has 0 aliphatic rings. The minimum atomic E-state index is 0.108. The van der Waals surface area contributed by atoms with Gasteiger partial charge in [0.2, 0.25) is 0 Å². The Bertz CT molecular complexity index is 582. The van der Waals surface area contributed by atoms with E-state index in [0.717, 1.165) is 29.4 Å².